The Balaban J connectivity index is 1.40. The molecule has 0 saturated heterocycles. The summed E-state index contributed by atoms with van der Waals surface area (Å²) < 4.78 is 2.35. The molecule has 4 rings (SSSR count). The first kappa shape index (κ1) is 23.4. The molecule has 0 radical (unpaired) electrons. The van der Waals surface area contributed by atoms with E-state index >= 15 is 0 Å². The van der Waals surface area contributed by atoms with Crippen molar-refractivity contribution in [2.24, 2.45) is 0 Å². The fourth-order valence-electron chi connectivity index (χ4n) is 4.25. The molecule has 0 saturated carbocycles. The molecule has 33 heavy (non-hydrogen) atoms. The molecule has 2 aromatic carbocycles. The maximum absolute atomic E-state index is 11.9. The zero-order valence-corrected chi connectivity index (χ0v) is 20.5. The molecule has 2 heterocycles. The summed E-state index contributed by atoms with van der Waals surface area (Å²) in [7, 11) is 2.14. The molecule has 0 atom stereocenters. The van der Waals surface area contributed by atoms with E-state index in [1.165, 1.54) is 32.1 Å². The number of fused-ring (bicyclic) bond motifs is 2. The molecule has 1 amide bonds. The second kappa shape index (κ2) is 11.4. The first-order chi connectivity index (χ1) is 16.2. The van der Waals surface area contributed by atoms with E-state index in [0.29, 0.717) is 6.42 Å². The van der Waals surface area contributed by atoms with Crippen LogP contribution < -0.4 is 14.8 Å². The van der Waals surface area contributed by atoms with Crippen molar-refractivity contribution in [1.82, 2.24) is 5.32 Å². The van der Waals surface area contributed by atoms with Crippen LogP contribution in [-0.4, -0.2) is 19.5 Å². The number of hydrogen-bond acceptors (Lipinski definition) is 3. The third-order valence-corrected chi connectivity index (χ3v) is 7.33. The van der Waals surface area contributed by atoms with Crippen molar-refractivity contribution in [3.05, 3.63) is 71.4 Å². The number of anilines is 1. The molecule has 172 valence electrons. The fraction of sp³-hybridized carbons (Fsp3) is 0.357. The van der Waals surface area contributed by atoms with Gasteiger partial charge in [0, 0.05) is 43.5 Å². The van der Waals surface area contributed by atoms with E-state index in [4.69, 9.17) is 0 Å². The lowest BCUT2D eigenvalue weighted by molar-refractivity contribution is -0.671. The van der Waals surface area contributed by atoms with Gasteiger partial charge >= 0.3 is 0 Å². The molecule has 1 aromatic heterocycles. The number of thioether (sulfide) groups is 1. The molecule has 4 nitrogen and oxygen atoms in total. The minimum absolute atomic E-state index is 0.191. The van der Waals surface area contributed by atoms with Gasteiger partial charge in [-0.05, 0) is 49.1 Å². The summed E-state index contributed by atoms with van der Waals surface area (Å²) in [4.78, 5) is 15.5. The maximum Gasteiger partial charge on any atom is 0.219 e. The molecular weight excluding hydrogens is 426 g/mol. The Morgan fingerprint density at radius 2 is 1.85 bits per heavy atom. The number of unbranched alkanes of at least 4 members (excludes halogenated alkanes) is 3. The average molecular weight is 461 g/mol. The monoisotopic (exact) mass is 460 g/mol. The molecule has 0 fully saturated rings. The van der Waals surface area contributed by atoms with Crippen molar-refractivity contribution < 1.29 is 9.36 Å². The minimum Gasteiger partial charge on any atom is -0.356 e. The number of hydrogen-bond donors (Lipinski definition) is 1. The van der Waals surface area contributed by atoms with Crippen LogP contribution in [0, 0.1) is 0 Å². The molecule has 0 aliphatic carbocycles. The predicted molar refractivity (Wildman–Crippen MR) is 139 cm³/mol. The number of benzene rings is 2. The first-order valence-corrected chi connectivity index (χ1v) is 12.9. The van der Waals surface area contributed by atoms with Gasteiger partial charge in [0.25, 0.3) is 0 Å². The van der Waals surface area contributed by atoms with E-state index < -0.39 is 0 Å². The van der Waals surface area contributed by atoms with E-state index in [0.717, 1.165) is 45.2 Å². The van der Waals surface area contributed by atoms with Crippen molar-refractivity contribution in [2.75, 3.05) is 18.5 Å². The smallest absolute Gasteiger partial charge is 0.219 e. The lowest BCUT2D eigenvalue weighted by Gasteiger charge is -2.13. The molecule has 0 unspecified atom stereocenters. The zero-order valence-electron chi connectivity index (χ0n) is 19.7. The number of aromatic nitrogens is 1. The normalized spacial score (nSPS) is 14.1. The third kappa shape index (κ3) is 5.77. The van der Waals surface area contributed by atoms with Gasteiger partial charge in [0.1, 0.15) is 6.54 Å². The Labute approximate surface area is 201 Å². The molecule has 1 aliphatic heterocycles. The number of nitrogens with one attached hydrogen (secondary N) is 1. The van der Waals surface area contributed by atoms with E-state index in [1.807, 2.05) is 11.8 Å². The molecule has 0 spiro atoms. The average Bonchev–Trinajstić information content (AvgIpc) is 3.15. The summed E-state index contributed by atoms with van der Waals surface area (Å²) in [5.74, 6) is 0.191. The van der Waals surface area contributed by atoms with Gasteiger partial charge in [-0.2, -0.15) is 4.57 Å². The van der Waals surface area contributed by atoms with Crippen LogP contribution in [0.15, 0.2) is 70.7 Å². The van der Waals surface area contributed by atoms with Crippen molar-refractivity contribution >= 4 is 40.3 Å². The molecule has 5 heteroatoms. The summed E-state index contributed by atoms with van der Waals surface area (Å²) >= 11 is 1.83. The van der Waals surface area contributed by atoms with Crippen LogP contribution in [0.2, 0.25) is 0 Å². The van der Waals surface area contributed by atoms with E-state index in [1.54, 1.807) is 0 Å². The number of para-hydroxylation sites is 2. The van der Waals surface area contributed by atoms with Crippen LogP contribution in [-0.2, 0) is 11.3 Å². The molecule has 0 bridgehead atoms. The van der Waals surface area contributed by atoms with Gasteiger partial charge in [-0.25, -0.2) is 0 Å². The molecular formula is C28H34N3OS+. The van der Waals surface area contributed by atoms with Crippen LogP contribution in [0.25, 0.3) is 17.0 Å². The molecule has 1 aliphatic rings. The Kier molecular flexibility index (Phi) is 8.05. The Hall–Kier alpha value is -2.79. The lowest BCUT2D eigenvalue weighted by Crippen LogP contribution is -2.34. The number of carbonyl (C=O) groups is 1. The van der Waals surface area contributed by atoms with Crippen LogP contribution >= 0.6 is 11.8 Å². The largest absolute Gasteiger partial charge is 0.356 e. The van der Waals surface area contributed by atoms with Crippen LogP contribution in [0.1, 0.15) is 51.0 Å². The number of rotatable bonds is 10. The van der Waals surface area contributed by atoms with Crippen molar-refractivity contribution in [1.29, 1.82) is 0 Å². The van der Waals surface area contributed by atoms with Gasteiger partial charge in [-0.3, -0.25) is 4.79 Å². The number of carbonyl (C=O) groups excluding carboxylic acids is 1. The first-order valence-electron chi connectivity index (χ1n) is 12.1. The zero-order chi connectivity index (χ0) is 23.0. The van der Waals surface area contributed by atoms with Crippen molar-refractivity contribution in [3.63, 3.8) is 0 Å². The van der Waals surface area contributed by atoms with Gasteiger partial charge in [-0.15, -0.1) is 0 Å². The second-order valence-electron chi connectivity index (χ2n) is 8.61. The summed E-state index contributed by atoms with van der Waals surface area (Å²) in [5, 5.41) is 5.52. The Morgan fingerprint density at radius 1 is 1.03 bits per heavy atom. The van der Waals surface area contributed by atoms with Gasteiger partial charge in [-0.1, -0.05) is 49.4 Å². The highest BCUT2D eigenvalue weighted by atomic mass is 32.2. The highest BCUT2D eigenvalue weighted by Crippen LogP contribution is 2.45. The van der Waals surface area contributed by atoms with Crippen LogP contribution in [0.4, 0.5) is 5.69 Å². The van der Waals surface area contributed by atoms with Crippen molar-refractivity contribution in [3.8, 4) is 0 Å². The molecule has 3 aromatic rings. The van der Waals surface area contributed by atoms with Gasteiger partial charge in [0.05, 0.1) is 16.1 Å². The highest BCUT2D eigenvalue weighted by Gasteiger charge is 2.22. The van der Waals surface area contributed by atoms with Gasteiger partial charge in [0.15, 0.2) is 6.20 Å². The Morgan fingerprint density at radius 3 is 2.70 bits per heavy atom. The SMILES string of the molecule is CCCCNC(=O)CCCCC[n+]1ccc(C=C2Sc3ccccc3N2C)c2ccccc21. The fourth-order valence-corrected chi connectivity index (χ4v) is 5.35. The maximum atomic E-state index is 11.9. The number of amides is 1. The topological polar surface area (TPSA) is 36.2 Å². The highest BCUT2D eigenvalue weighted by molar-refractivity contribution is 8.03. The van der Waals surface area contributed by atoms with E-state index in [-0.39, 0.29) is 5.91 Å². The summed E-state index contributed by atoms with van der Waals surface area (Å²) in [6.07, 6.45) is 10.4. The van der Waals surface area contributed by atoms with E-state index in [2.05, 4.69) is 95.6 Å². The minimum atomic E-state index is 0.191. The second-order valence-corrected chi connectivity index (χ2v) is 9.67. The quantitative estimate of drug-likeness (QED) is 0.291. The summed E-state index contributed by atoms with van der Waals surface area (Å²) in [6, 6.07) is 19.4. The molecule has 1 N–H and O–H groups in total. The standard InChI is InChI=1S/C28H33N3OS/c1-3-4-18-29-27(32)16-6-5-11-19-31-20-17-22(23-12-7-8-13-24(23)31)21-28-30(2)25-14-9-10-15-26(25)33-28/h7-10,12-15,17,20-21H,3-6,11,16,18-19H2,1-2H3/p+1. The van der Waals surface area contributed by atoms with Crippen LogP contribution in [0.5, 0.6) is 0 Å². The Bertz CT molecular complexity index is 1140. The number of pyridine rings is 1. The van der Waals surface area contributed by atoms with Crippen LogP contribution in [0.3, 0.4) is 0 Å². The summed E-state index contributed by atoms with van der Waals surface area (Å²) in [5.41, 5.74) is 3.77. The summed E-state index contributed by atoms with van der Waals surface area (Å²) in [6.45, 7) is 3.91. The lowest BCUT2D eigenvalue weighted by atomic mass is 10.1. The van der Waals surface area contributed by atoms with Gasteiger partial charge in [0.2, 0.25) is 11.4 Å². The number of aryl methyl sites for hydroxylation is 1. The van der Waals surface area contributed by atoms with Gasteiger partial charge < -0.3 is 10.2 Å². The third-order valence-electron chi connectivity index (χ3n) is 6.16. The predicted octanol–water partition coefficient (Wildman–Crippen LogP) is 6.14. The van der Waals surface area contributed by atoms with Crippen molar-refractivity contribution in [2.45, 2.75) is 56.9 Å². The number of nitrogens with zero attached hydrogens (tertiary/aromatic N) is 2. The van der Waals surface area contributed by atoms with E-state index in [9.17, 15) is 4.79 Å².